The van der Waals surface area contributed by atoms with Gasteiger partial charge in [0.25, 0.3) is 0 Å². The summed E-state index contributed by atoms with van der Waals surface area (Å²) in [6.07, 6.45) is 4.04. The summed E-state index contributed by atoms with van der Waals surface area (Å²) in [5, 5.41) is 7.78. The lowest BCUT2D eigenvalue weighted by Gasteiger charge is -2.11. The van der Waals surface area contributed by atoms with Crippen LogP contribution in [-0.4, -0.2) is 21.3 Å². The quantitative estimate of drug-likeness (QED) is 0.870. The van der Waals surface area contributed by atoms with Crippen LogP contribution >= 0.6 is 0 Å². The van der Waals surface area contributed by atoms with Crippen LogP contribution < -0.4 is 5.32 Å². The first-order valence-corrected chi connectivity index (χ1v) is 6.08. The highest BCUT2D eigenvalue weighted by atomic mass is 15.3. The summed E-state index contributed by atoms with van der Waals surface area (Å²) >= 11 is 0. The maximum Gasteiger partial charge on any atom is 0.144 e. The predicted molar refractivity (Wildman–Crippen MR) is 65.5 cm³/mol. The van der Waals surface area contributed by atoms with Gasteiger partial charge in [-0.05, 0) is 24.9 Å². The second kappa shape index (κ2) is 4.67. The molecule has 88 valence electrons. The van der Waals surface area contributed by atoms with Gasteiger partial charge >= 0.3 is 0 Å². The molecule has 1 aliphatic heterocycles. The number of aromatic nitrogens is 3. The number of benzene rings is 1. The molecule has 0 spiro atoms. The van der Waals surface area contributed by atoms with Crippen molar-refractivity contribution < 1.29 is 0 Å². The zero-order valence-electron chi connectivity index (χ0n) is 9.71. The Kier molecular flexibility index (Phi) is 2.88. The molecular formula is C13H16N4. The summed E-state index contributed by atoms with van der Waals surface area (Å²) in [7, 11) is 0. The van der Waals surface area contributed by atoms with E-state index in [-0.39, 0.29) is 0 Å². The highest BCUT2D eigenvalue weighted by Gasteiger charge is 2.21. The second-order valence-corrected chi connectivity index (χ2v) is 4.41. The summed E-state index contributed by atoms with van der Waals surface area (Å²) in [6.45, 7) is 1.89. The van der Waals surface area contributed by atoms with E-state index in [4.69, 9.17) is 0 Å². The lowest BCUT2D eigenvalue weighted by atomic mass is 10.2. The highest BCUT2D eigenvalue weighted by Crippen LogP contribution is 2.21. The monoisotopic (exact) mass is 228 g/mol. The molecule has 0 aliphatic carbocycles. The fourth-order valence-electron chi connectivity index (χ4n) is 2.33. The molecule has 1 aliphatic rings. The molecule has 0 saturated carbocycles. The Morgan fingerprint density at radius 2 is 2.18 bits per heavy atom. The molecule has 1 unspecified atom stereocenters. The van der Waals surface area contributed by atoms with E-state index in [1.807, 2.05) is 10.7 Å². The lowest BCUT2D eigenvalue weighted by molar-refractivity contribution is 0.537. The average molecular weight is 228 g/mol. The standard InChI is InChI=1S/C13H16N4/c1-2-5-11(6-3-1)9-17-13(15-10-16-17)12-7-4-8-14-12/h1-3,5-6,10,12,14H,4,7-9H2. The van der Waals surface area contributed by atoms with Gasteiger partial charge in [-0.1, -0.05) is 30.3 Å². The molecule has 2 aromatic rings. The molecule has 0 amide bonds. The van der Waals surface area contributed by atoms with Crippen molar-refractivity contribution in [3.8, 4) is 0 Å². The summed E-state index contributed by atoms with van der Waals surface area (Å²) in [5.41, 5.74) is 1.26. The van der Waals surface area contributed by atoms with Gasteiger partial charge in [0.15, 0.2) is 0 Å². The minimum atomic E-state index is 0.376. The van der Waals surface area contributed by atoms with E-state index in [1.54, 1.807) is 6.33 Å². The van der Waals surface area contributed by atoms with Crippen molar-refractivity contribution >= 4 is 0 Å². The molecule has 1 aromatic carbocycles. The second-order valence-electron chi connectivity index (χ2n) is 4.41. The molecule has 0 radical (unpaired) electrons. The Balaban J connectivity index is 1.81. The van der Waals surface area contributed by atoms with Crippen molar-refractivity contribution in [3.05, 3.63) is 48.0 Å². The summed E-state index contributed by atoms with van der Waals surface area (Å²) in [4.78, 5) is 4.38. The first-order valence-electron chi connectivity index (χ1n) is 6.08. The Hall–Kier alpha value is -1.68. The first kappa shape index (κ1) is 10.5. The van der Waals surface area contributed by atoms with Crippen LogP contribution in [0.4, 0.5) is 0 Å². The van der Waals surface area contributed by atoms with Crippen molar-refractivity contribution in [2.24, 2.45) is 0 Å². The van der Waals surface area contributed by atoms with Gasteiger partial charge in [0.05, 0.1) is 12.6 Å². The number of hydrogen-bond donors (Lipinski definition) is 1. The number of hydrogen-bond acceptors (Lipinski definition) is 3. The van der Waals surface area contributed by atoms with Crippen molar-refractivity contribution in [1.29, 1.82) is 0 Å². The Bertz CT molecular complexity index is 471. The first-order chi connectivity index (χ1) is 8.43. The van der Waals surface area contributed by atoms with Crippen LogP contribution in [-0.2, 0) is 6.54 Å². The third-order valence-electron chi connectivity index (χ3n) is 3.19. The minimum absolute atomic E-state index is 0.376. The maximum absolute atomic E-state index is 4.38. The Morgan fingerprint density at radius 3 is 2.94 bits per heavy atom. The summed E-state index contributed by atoms with van der Waals surface area (Å²) in [6, 6.07) is 10.8. The van der Waals surface area contributed by atoms with E-state index >= 15 is 0 Å². The van der Waals surface area contributed by atoms with Crippen molar-refractivity contribution in [2.45, 2.75) is 25.4 Å². The predicted octanol–water partition coefficient (Wildman–Crippen LogP) is 1.75. The SMILES string of the molecule is c1ccc(Cn2ncnc2C2CCCN2)cc1. The smallest absolute Gasteiger partial charge is 0.144 e. The van der Waals surface area contributed by atoms with E-state index in [9.17, 15) is 0 Å². The van der Waals surface area contributed by atoms with Crippen LogP contribution in [0.5, 0.6) is 0 Å². The van der Waals surface area contributed by atoms with Gasteiger partial charge < -0.3 is 5.32 Å². The van der Waals surface area contributed by atoms with E-state index < -0.39 is 0 Å². The molecule has 1 atom stereocenters. The Morgan fingerprint density at radius 1 is 1.29 bits per heavy atom. The molecule has 4 nitrogen and oxygen atoms in total. The van der Waals surface area contributed by atoms with Crippen LogP contribution in [0, 0.1) is 0 Å². The average Bonchev–Trinajstić information content (AvgIpc) is 3.00. The van der Waals surface area contributed by atoms with Gasteiger partial charge in [-0.15, -0.1) is 0 Å². The van der Waals surface area contributed by atoms with Crippen LogP contribution in [0.1, 0.15) is 30.3 Å². The molecule has 1 saturated heterocycles. The topological polar surface area (TPSA) is 42.7 Å². The number of nitrogens with one attached hydrogen (secondary N) is 1. The van der Waals surface area contributed by atoms with Crippen molar-refractivity contribution in [3.63, 3.8) is 0 Å². The zero-order valence-corrected chi connectivity index (χ0v) is 9.71. The van der Waals surface area contributed by atoms with E-state index in [0.29, 0.717) is 6.04 Å². The van der Waals surface area contributed by atoms with E-state index in [1.165, 1.54) is 12.0 Å². The van der Waals surface area contributed by atoms with Crippen LogP contribution in [0.2, 0.25) is 0 Å². The third-order valence-corrected chi connectivity index (χ3v) is 3.19. The van der Waals surface area contributed by atoms with Crippen molar-refractivity contribution in [2.75, 3.05) is 6.54 Å². The number of nitrogens with zero attached hydrogens (tertiary/aromatic N) is 3. The maximum atomic E-state index is 4.38. The van der Waals surface area contributed by atoms with E-state index in [0.717, 1.165) is 25.3 Å². The fourth-order valence-corrected chi connectivity index (χ4v) is 2.33. The van der Waals surface area contributed by atoms with Gasteiger partial charge in [0, 0.05) is 0 Å². The summed E-state index contributed by atoms with van der Waals surface area (Å²) < 4.78 is 2.00. The van der Waals surface area contributed by atoms with Crippen molar-refractivity contribution in [1.82, 2.24) is 20.1 Å². The highest BCUT2D eigenvalue weighted by molar-refractivity contribution is 5.15. The lowest BCUT2D eigenvalue weighted by Crippen LogP contribution is -2.19. The molecular weight excluding hydrogens is 212 g/mol. The van der Waals surface area contributed by atoms with Gasteiger partial charge in [-0.2, -0.15) is 5.10 Å². The summed E-state index contributed by atoms with van der Waals surface area (Å²) in [5.74, 6) is 1.06. The molecule has 4 heteroatoms. The van der Waals surface area contributed by atoms with Gasteiger partial charge in [0.1, 0.15) is 12.2 Å². The minimum Gasteiger partial charge on any atom is -0.307 e. The molecule has 3 rings (SSSR count). The molecule has 1 N–H and O–H groups in total. The van der Waals surface area contributed by atoms with Gasteiger partial charge in [-0.25, -0.2) is 9.67 Å². The molecule has 1 fully saturated rings. The van der Waals surface area contributed by atoms with Crippen LogP contribution in [0.25, 0.3) is 0 Å². The van der Waals surface area contributed by atoms with Gasteiger partial charge in [0.2, 0.25) is 0 Å². The van der Waals surface area contributed by atoms with Crippen LogP contribution in [0.3, 0.4) is 0 Å². The number of rotatable bonds is 3. The zero-order chi connectivity index (χ0) is 11.5. The fraction of sp³-hybridized carbons (Fsp3) is 0.385. The largest absolute Gasteiger partial charge is 0.307 e. The molecule has 17 heavy (non-hydrogen) atoms. The van der Waals surface area contributed by atoms with Gasteiger partial charge in [-0.3, -0.25) is 0 Å². The molecule has 2 heterocycles. The molecule has 1 aromatic heterocycles. The molecule has 0 bridgehead atoms. The van der Waals surface area contributed by atoms with E-state index in [2.05, 4.69) is 39.7 Å². The third kappa shape index (κ3) is 2.22. The van der Waals surface area contributed by atoms with Crippen LogP contribution in [0.15, 0.2) is 36.7 Å². The Labute approximate surface area is 101 Å². The normalized spacial score (nSPS) is 19.6.